The summed E-state index contributed by atoms with van der Waals surface area (Å²) in [5.74, 6) is 1.53. The van der Waals surface area contributed by atoms with Gasteiger partial charge in [-0.15, -0.1) is 0 Å². The normalized spacial score (nSPS) is 19.4. The molecule has 0 bridgehead atoms. The van der Waals surface area contributed by atoms with E-state index in [0.29, 0.717) is 5.57 Å². The van der Waals surface area contributed by atoms with Crippen LogP contribution in [0.25, 0.3) is 0 Å². The van der Waals surface area contributed by atoms with Gasteiger partial charge < -0.3 is 10.6 Å². The minimum absolute atomic E-state index is 0.535. The van der Waals surface area contributed by atoms with Gasteiger partial charge >= 0.3 is 0 Å². The number of piperidine rings is 1. The Morgan fingerprint density at radius 3 is 2.56 bits per heavy atom. The highest BCUT2D eigenvalue weighted by Crippen LogP contribution is 2.17. The van der Waals surface area contributed by atoms with E-state index in [1.165, 1.54) is 18.9 Å². The molecule has 3 heteroatoms. The van der Waals surface area contributed by atoms with Gasteiger partial charge in [0.2, 0.25) is 0 Å². The number of rotatable bonds is 3. The Morgan fingerprint density at radius 1 is 1.44 bits per heavy atom. The molecule has 2 N–H and O–H groups in total. The van der Waals surface area contributed by atoms with Crippen LogP contribution in [0, 0.1) is 17.2 Å². The summed E-state index contributed by atoms with van der Waals surface area (Å²) < 4.78 is 0. The van der Waals surface area contributed by atoms with Gasteiger partial charge in [0, 0.05) is 13.1 Å². The van der Waals surface area contributed by atoms with Gasteiger partial charge in [-0.05, 0) is 30.9 Å². The Balaban J connectivity index is 2.60. The van der Waals surface area contributed by atoms with Gasteiger partial charge in [0.05, 0.1) is 17.5 Å². The molecule has 0 atom stereocenters. The largest absolute Gasteiger partial charge is 0.385 e. The fraction of sp³-hybridized carbons (Fsp3) is 0.462. The van der Waals surface area contributed by atoms with E-state index in [4.69, 9.17) is 11.0 Å². The molecule has 0 unspecified atom stereocenters. The van der Waals surface area contributed by atoms with E-state index in [9.17, 15) is 0 Å². The molecule has 1 rings (SSSR count). The van der Waals surface area contributed by atoms with Gasteiger partial charge in [0.25, 0.3) is 0 Å². The van der Waals surface area contributed by atoms with Crippen molar-refractivity contribution in [1.82, 2.24) is 4.90 Å². The molecule has 1 saturated heterocycles. The van der Waals surface area contributed by atoms with Gasteiger partial charge in [-0.1, -0.05) is 19.6 Å². The lowest BCUT2D eigenvalue weighted by atomic mass is 9.99. The third-order valence-corrected chi connectivity index (χ3v) is 2.93. The summed E-state index contributed by atoms with van der Waals surface area (Å²) in [4.78, 5) is 2.16. The van der Waals surface area contributed by atoms with E-state index in [1.54, 1.807) is 12.2 Å². The summed E-state index contributed by atoms with van der Waals surface area (Å²) in [6, 6.07) is 2.04. The number of likely N-dealkylation sites (tertiary alicyclic amines) is 1. The monoisotopic (exact) mass is 217 g/mol. The van der Waals surface area contributed by atoms with Crippen molar-refractivity contribution in [2.24, 2.45) is 11.7 Å². The minimum atomic E-state index is 0.535. The van der Waals surface area contributed by atoms with E-state index in [-0.39, 0.29) is 0 Å². The summed E-state index contributed by atoms with van der Waals surface area (Å²) in [6.45, 7) is 7.84. The SMILES string of the molecule is C=C/C(C#N)=C\C=C(/N)N1CCC(C)CC1. The summed E-state index contributed by atoms with van der Waals surface area (Å²) in [5.41, 5.74) is 6.49. The maximum Gasteiger partial charge on any atom is 0.0991 e. The summed E-state index contributed by atoms with van der Waals surface area (Å²) in [6.07, 6.45) is 7.40. The van der Waals surface area contributed by atoms with Crippen LogP contribution in [0.15, 0.2) is 36.2 Å². The maximum absolute atomic E-state index is 8.71. The Kier molecular flexibility index (Phi) is 4.65. The lowest BCUT2D eigenvalue weighted by Crippen LogP contribution is -2.35. The highest BCUT2D eigenvalue weighted by molar-refractivity contribution is 5.35. The van der Waals surface area contributed by atoms with Crippen LogP contribution in [0.2, 0.25) is 0 Å². The average Bonchev–Trinajstić information content (AvgIpc) is 2.31. The van der Waals surface area contributed by atoms with Crippen LogP contribution in [-0.2, 0) is 0 Å². The summed E-state index contributed by atoms with van der Waals surface area (Å²) >= 11 is 0. The number of hydrogen-bond donors (Lipinski definition) is 1. The lowest BCUT2D eigenvalue weighted by Gasteiger charge is -2.31. The Hall–Kier alpha value is -1.69. The highest BCUT2D eigenvalue weighted by Gasteiger charge is 2.15. The number of nitrogens with zero attached hydrogens (tertiary/aromatic N) is 2. The first-order valence-corrected chi connectivity index (χ1v) is 5.62. The van der Waals surface area contributed by atoms with Crippen molar-refractivity contribution in [3.8, 4) is 6.07 Å². The van der Waals surface area contributed by atoms with E-state index in [2.05, 4.69) is 18.4 Å². The Labute approximate surface area is 97.5 Å². The molecule has 3 nitrogen and oxygen atoms in total. The van der Waals surface area contributed by atoms with E-state index in [1.807, 2.05) is 6.07 Å². The van der Waals surface area contributed by atoms with Gasteiger partial charge in [-0.3, -0.25) is 0 Å². The molecule has 86 valence electrons. The zero-order valence-corrected chi connectivity index (χ0v) is 9.82. The molecule has 1 aliphatic heterocycles. The second-order valence-electron chi connectivity index (χ2n) is 4.20. The zero-order chi connectivity index (χ0) is 12.0. The number of nitriles is 1. The molecule has 0 aromatic heterocycles. The standard InChI is InChI=1S/C13H19N3/c1-3-12(10-14)4-5-13(15)16-8-6-11(2)7-9-16/h3-5,11H,1,6-9,15H2,2H3/b12-4+,13-5+. The zero-order valence-electron chi connectivity index (χ0n) is 9.82. The average molecular weight is 217 g/mol. The molecule has 0 aromatic carbocycles. The molecular formula is C13H19N3. The van der Waals surface area contributed by atoms with Crippen LogP contribution in [0.4, 0.5) is 0 Å². The molecule has 16 heavy (non-hydrogen) atoms. The van der Waals surface area contributed by atoms with Crippen molar-refractivity contribution in [3.05, 3.63) is 36.2 Å². The molecule has 0 spiro atoms. The van der Waals surface area contributed by atoms with Crippen LogP contribution < -0.4 is 5.73 Å². The quantitative estimate of drug-likeness (QED) is 0.582. The van der Waals surface area contributed by atoms with Crippen molar-refractivity contribution in [3.63, 3.8) is 0 Å². The second kappa shape index (κ2) is 6.02. The first-order valence-electron chi connectivity index (χ1n) is 5.62. The fourth-order valence-electron chi connectivity index (χ4n) is 1.70. The molecule has 0 saturated carbocycles. The van der Waals surface area contributed by atoms with Gasteiger partial charge in [0.1, 0.15) is 0 Å². The van der Waals surface area contributed by atoms with Gasteiger partial charge in [-0.2, -0.15) is 5.26 Å². The van der Waals surface area contributed by atoms with E-state index >= 15 is 0 Å². The molecule has 0 aliphatic carbocycles. The van der Waals surface area contributed by atoms with Crippen molar-refractivity contribution < 1.29 is 0 Å². The molecule has 1 aliphatic rings. The van der Waals surface area contributed by atoms with E-state index < -0.39 is 0 Å². The molecule has 0 amide bonds. The van der Waals surface area contributed by atoms with Crippen molar-refractivity contribution in [2.45, 2.75) is 19.8 Å². The van der Waals surface area contributed by atoms with E-state index in [0.717, 1.165) is 24.8 Å². The third kappa shape index (κ3) is 3.47. The summed E-state index contributed by atoms with van der Waals surface area (Å²) in [7, 11) is 0. The predicted octanol–water partition coefficient (Wildman–Crippen LogP) is 2.15. The predicted molar refractivity (Wildman–Crippen MR) is 66.1 cm³/mol. The number of allylic oxidation sites excluding steroid dienone is 4. The molecule has 1 fully saturated rings. The van der Waals surface area contributed by atoms with Crippen LogP contribution in [-0.4, -0.2) is 18.0 Å². The topological polar surface area (TPSA) is 53.1 Å². The molecule has 1 heterocycles. The van der Waals surface area contributed by atoms with Gasteiger partial charge in [-0.25, -0.2) is 0 Å². The highest BCUT2D eigenvalue weighted by atomic mass is 15.2. The maximum atomic E-state index is 8.71. The Morgan fingerprint density at radius 2 is 2.06 bits per heavy atom. The molecule has 0 radical (unpaired) electrons. The second-order valence-corrected chi connectivity index (χ2v) is 4.20. The van der Waals surface area contributed by atoms with Crippen molar-refractivity contribution in [1.29, 1.82) is 5.26 Å². The van der Waals surface area contributed by atoms with Crippen molar-refractivity contribution in [2.75, 3.05) is 13.1 Å². The number of nitrogens with two attached hydrogens (primary N) is 1. The third-order valence-electron chi connectivity index (χ3n) is 2.93. The minimum Gasteiger partial charge on any atom is -0.385 e. The van der Waals surface area contributed by atoms with Crippen LogP contribution in [0.3, 0.4) is 0 Å². The first-order chi connectivity index (χ1) is 7.67. The van der Waals surface area contributed by atoms with Crippen LogP contribution in [0.5, 0.6) is 0 Å². The smallest absolute Gasteiger partial charge is 0.0991 e. The van der Waals surface area contributed by atoms with Crippen molar-refractivity contribution >= 4 is 0 Å². The first kappa shape index (κ1) is 12.4. The fourth-order valence-corrected chi connectivity index (χ4v) is 1.70. The molecular weight excluding hydrogens is 198 g/mol. The Bertz CT molecular complexity index is 339. The lowest BCUT2D eigenvalue weighted by molar-refractivity contribution is 0.235. The molecule has 0 aromatic rings. The summed E-state index contributed by atoms with van der Waals surface area (Å²) in [5, 5.41) is 8.71. The number of hydrogen-bond acceptors (Lipinski definition) is 3. The van der Waals surface area contributed by atoms with Crippen LogP contribution >= 0.6 is 0 Å². The van der Waals surface area contributed by atoms with Crippen LogP contribution in [0.1, 0.15) is 19.8 Å². The van der Waals surface area contributed by atoms with Gasteiger partial charge in [0.15, 0.2) is 0 Å².